The molecule has 0 bridgehead atoms. The summed E-state index contributed by atoms with van der Waals surface area (Å²) in [6.07, 6.45) is 0. The second-order valence-electron chi connectivity index (χ2n) is 9.39. The van der Waals surface area contributed by atoms with Crippen LogP contribution in [0.25, 0.3) is 0 Å². The fourth-order valence-corrected chi connectivity index (χ4v) is 4.22. The quantitative estimate of drug-likeness (QED) is 0.0391. The van der Waals surface area contributed by atoms with Gasteiger partial charge in [-0.1, -0.05) is 6.07 Å². The maximum Gasteiger partial charge on any atom is 0.266 e. The Bertz CT molecular complexity index is 1540. The molecule has 48 heavy (non-hydrogen) atoms. The summed E-state index contributed by atoms with van der Waals surface area (Å²) in [5.74, 6) is -0.691. The molecule has 24 heteroatoms. The molecule has 0 amide bonds. The van der Waals surface area contributed by atoms with E-state index in [9.17, 15) is 16.8 Å². The number of aliphatic hydroxyl groups is 2. The maximum atomic E-state index is 11.1. The average Bonchev–Trinajstić information content (AvgIpc) is 3.00. The van der Waals surface area contributed by atoms with Crippen LogP contribution in [0.2, 0.25) is 0 Å². The molecule has 266 valence electrons. The molecule has 10 N–H and O–H groups in total. The lowest BCUT2D eigenvalue weighted by atomic mass is 10.3. The number of anilines is 8. The van der Waals surface area contributed by atoms with E-state index in [1.165, 1.54) is 0 Å². The van der Waals surface area contributed by atoms with Crippen LogP contribution in [0.5, 0.6) is 0 Å². The zero-order valence-corrected chi connectivity index (χ0v) is 27.2. The van der Waals surface area contributed by atoms with Gasteiger partial charge in [0.25, 0.3) is 20.2 Å². The standard InChI is InChI=1S/C24H38N12O10S2/c37-8-12-45-10-4-25-19-31-21(27-6-14-47(39,40)41)35-23(33-19)29-17-2-1-3-18(16-17)30-24-34-20(26-5-11-46-13-9-38)32-22(36-24)28-7-15-48(42,43)44/h1-3,16,37-38H,4-15H2,(H,39,40,41)(H,42,43,44)(H3,25,27,29,31,33,35)(H3,26,28,30,32,34,36). The van der Waals surface area contributed by atoms with Crippen LogP contribution in [0.4, 0.5) is 47.1 Å². The van der Waals surface area contributed by atoms with E-state index in [1.54, 1.807) is 24.3 Å². The lowest BCUT2D eigenvalue weighted by Crippen LogP contribution is -2.18. The smallest absolute Gasteiger partial charge is 0.266 e. The second-order valence-corrected chi connectivity index (χ2v) is 12.5. The summed E-state index contributed by atoms with van der Waals surface area (Å²) in [7, 11) is -8.44. The Morgan fingerprint density at radius 2 is 0.896 bits per heavy atom. The predicted molar refractivity (Wildman–Crippen MR) is 175 cm³/mol. The highest BCUT2D eigenvalue weighted by molar-refractivity contribution is 7.86. The molecule has 0 aliphatic rings. The Balaban J connectivity index is 1.77. The molecule has 22 nitrogen and oxygen atoms in total. The molecule has 2 heterocycles. The van der Waals surface area contributed by atoms with Crippen LogP contribution in [-0.4, -0.2) is 143 Å². The molecule has 0 aliphatic heterocycles. The van der Waals surface area contributed by atoms with Gasteiger partial charge in [0, 0.05) is 37.6 Å². The normalized spacial score (nSPS) is 11.6. The molecule has 0 radical (unpaired) electrons. The lowest BCUT2D eigenvalue weighted by molar-refractivity contribution is 0.0991. The van der Waals surface area contributed by atoms with Crippen LogP contribution in [0.15, 0.2) is 24.3 Å². The van der Waals surface area contributed by atoms with Crippen molar-refractivity contribution in [1.82, 2.24) is 29.9 Å². The van der Waals surface area contributed by atoms with E-state index in [-0.39, 0.29) is 88.4 Å². The van der Waals surface area contributed by atoms with Gasteiger partial charge in [-0.15, -0.1) is 0 Å². The molecule has 0 saturated carbocycles. The summed E-state index contributed by atoms with van der Waals surface area (Å²) >= 11 is 0. The fraction of sp³-hybridized carbons (Fsp3) is 0.500. The van der Waals surface area contributed by atoms with Crippen molar-refractivity contribution in [2.24, 2.45) is 0 Å². The fourth-order valence-electron chi connectivity index (χ4n) is 3.50. The number of nitrogens with one attached hydrogen (secondary N) is 6. The number of nitrogens with zero attached hydrogens (tertiary/aromatic N) is 6. The van der Waals surface area contributed by atoms with Crippen molar-refractivity contribution in [3.63, 3.8) is 0 Å². The number of aromatic nitrogens is 6. The zero-order valence-electron chi connectivity index (χ0n) is 25.5. The molecule has 0 unspecified atom stereocenters. The third kappa shape index (κ3) is 16.0. The van der Waals surface area contributed by atoms with Crippen molar-refractivity contribution in [3.8, 4) is 0 Å². The highest BCUT2D eigenvalue weighted by atomic mass is 32.2. The summed E-state index contributed by atoms with van der Waals surface area (Å²) in [5, 5.41) is 35.1. The minimum atomic E-state index is -4.22. The van der Waals surface area contributed by atoms with Crippen molar-refractivity contribution >= 4 is 67.3 Å². The third-order valence-electron chi connectivity index (χ3n) is 5.46. The van der Waals surface area contributed by atoms with Crippen LogP contribution in [0.1, 0.15) is 0 Å². The number of aliphatic hydroxyl groups excluding tert-OH is 2. The van der Waals surface area contributed by atoms with Gasteiger partial charge in [0.05, 0.1) is 51.1 Å². The molecule has 2 aromatic heterocycles. The van der Waals surface area contributed by atoms with E-state index in [0.717, 1.165) is 0 Å². The van der Waals surface area contributed by atoms with Crippen molar-refractivity contribution < 1.29 is 45.6 Å². The van der Waals surface area contributed by atoms with Gasteiger partial charge < -0.3 is 51.6 Å². The van der Waals surface area contributed by atoms with E-state index in [4.69, 9.17) is 28.8 Å². The van der Waals surface area contributed by atoms with Gasteiger partial charge in [-0.2, -0.15) is 46.7 Å². The maximum absolute atomic E-state index is 11.1. The van der Waals surface area contributed by atoms with E-state index < -0.39 is 31.7 Å². The number of benzene rings is 1. The first kappa shape index (κ1) is 38.2. The third-order valence-corrected chi connectivity index (χ3v) is 6.90. The molecule has 3 rings (SSSR count). The molecule has 0 spiro atoms. The summed E-state index contributed by atoms with van der Waals surface area (Å²) in [4.78, 5) is 25.5. The Kier molecular flexibility index (Phi) is 15.5. The van der Waals surface area contributed by atoms with Gasteiger partial charge in [-0.3, -0.25) is 9.11 Å². The average molecular weight is 719 g/mol. The first-order chi connectivity index (χ1) is 22.9. The van der Waals surface area contributed by atoms with Gasteiger partial charge in [-0.25, -0.2) is 0 Å². The Morgan fingerprint density at radius 3 is 1.25 bits per heavy atom. The van der Waals surface area contributed by atoms with E-state index in [0.29, 0.717) is 24.5 Å². The molecular formula is C24H38N12O10S2. The lowest BCUT2D eigenvalue weighted by Gasteiger charge is -2.13. The topological polar surface area (TPSA) is 317 Å². The summed E-state index contributed by atoms with van der Waals surface area (Å²) < 4.78 is 73.0. The van der Waals surface area contributed by atoms with Crippen molar-refractivity contribution in [1.29, 1.82) is 0 Å². The van der Waals surface area contributed by atoms with Crippen LogP contribution in [-0.2, 0) is 29.7 Å². The van der Waals surface area contributed by atoms with Gasteiger partial charge in [0.1, 0.15) is 0 Å². The Hall–Kier alpha value is -4.30. The first-order valence-electron chi connectivity index (χ1n) is 14.3. The monoisotopic (exact) mass is 718 g/mol. The highest BCUT2D eigenvalue weighted by Gasteiger charge is 2.12. The Labute approximate surface area is 276 Å². The zero-order chi connectivity index (χ0) is 34.8. The van der Waals surface area contributed by atoms with Crippen molar-refractivity contribution in [2.75, 3.05) is 109 Å². The first-order valence-corrected chi connectivity index (χ1v) is 17.5. The van der Waals surface area contributed by atoms with Crippen LogP contribution < -0.4 is 31.9 Å². The van der Waals surface area contributed by atoms with E-state index in [1.807, 2.05) is 0 Å². The van der Waals surface area contributed by atoms with Gasteiger partial charge in [0.15, 0.2) is 0 Å². The minimum Gasteiger partial charge on any atom is -0.394 e. The number of hydrogen-bond acceptors (Lipinski definition) is 20. The SMILES string of the molecule is O=S(=O)(O)CCNc1nc(NCCOCCO)nc(Nc2cccc(Nc3nc(NCCOCCO)nc(NCCS(=O)(=O)O)n3)c2)n1. The summed E-state index contributed by atoms with van der Waals surface area (Å²) in [6.45, 7) is 0.791. The summed E-state index contributed by atoms with van der Waals surface area (Å²) in [5.41, 5.74) is 1.01. The van der Waals surface area contributed by atoms with Gasteiger partial charge in [0.2, 0.25) is 35.7 Å². The van der Waals surface area contributed by atoms with Crippen LogP contribution in [0.3, 0.4) is 0 Å². The van der Waals surface area contributed by atoms with Gasteiger partial charge in [-0.05, 0) is 18.2 Å². The van der Waals surface area contributed by atoms with Crippen molar-refractivity contribution in [3.05, 3.63) is 24.3 Å². The van der Waals surface area contributed by atoms with Gasteiger partial charge >= 0.3 is 0 Å². The molecule has 0 aliphatic carbocycles. The van der Waals surface area contributed by atoms with Crippen LogP contribution in [0, 0.1) is 0 Å². The van der Waals surface area contributed by atoms with Crippen molar-refractivity contribution in [2.45, 2.75) is 0 Å². The minimum absolute atomic E-state index is 0.0187. The highest BCUT2D eigenvalue weighted by Crippen LogP contribution is 2.22. The molecule has 0 saturated heterocycles. The second kappa shape index (κ2) is 19.5. The molecule has 0 fully saturated rings. The van der Waals surface area contributed by atoms with E-state index in [2.05, 4.69) is 61.8 Å². The van der Waals surface area contributed by atoms with E-state index >= 15 is 0 Å². The Morgan fingerprint density at radius 1 is 0.542 bits per heavy atom. The largest absolute Gasteiger partial charge is 0.394 e. The number of hydrogen-bond donors (Lipinski definition) is 10. The number of ether oxygens (including phenoxy) is 2. The predicted octanol–water partition coefficient (Wildman–Crippen LogP) is -1.02. The molecule has 0 atom stereocenters. The molecule has 1 aromatic carbocycles. The number of rotatable bonds is 24. The molecule has 3 aromatic rings. The molecular weight excluding hydrogens is 680 g/mol. The van der Waals surface area contributed by atoms with Crippen LogP contribution >= 0.6 is 0 Å². The summed E-state index contributed by atoms with van der Waals surface area (Å²) in [6, 6.07) is 6.81.